The van der Waals surface area contributed by atoms with E-state index in [0.29, 0.717) is 5.76 Å². The third-order valence-electron chi connectivity index (χ3n) is 5.78. The highest BCUT2D eigenvalue weighted by molar-refractivity contribution is 6.17. The van der Waals surface area contributed by atoms with E-state index in [9.17, 15) is 9.59 Å². The number of furan rings is 1. The van der Waals surface area contributed by atoms with Gasteiger partial charge in [-0.15, -0.1) is 0 Å². The second-order valence-corrected chi connectivity index (χ2v) is 6.96. The van der Waals surface area contributed by atoms with Gasteiger partial charge in [0, 0.05) is 18.7 Å². The van der Waals surface area contributed by atoms with Crippen LogP contribution in [0.25, 0.3) is 0 Å². The van der Waals surface area contributed by atoms with E-state index >= 15 is 0 Å². The van der Waals surface area contributed by atoms with Gasteiger partial charge < -0.3 is 9.32 Å². The minimum atomic E-state index is -0.837. The van der Waals surface area contributed by atoms with E-state index in [-0.39, 0.29) is 17.6 Å². The Balaban J connectivity index is 1.71. The van der Waals surface area contributed by atoms with Crippen LogP contribution in [0.4, 0.5) is 5.69 Å². The number of benzene rings is 2. The summed E-state index contributed by atoms with van der Waals surface area (Å²) in [6.07, 6.45) is 1.50. The molecule has 0 N–H and O–H groups in total. The van der Waals surface area contributed by atoms with Gasteiger partial charge in [0.2, 0.25) is 11.7 Å². The second kappa shape index (κ2) is 5.18. The Morgan fingerprint density at radius 1 is 1.00 bits per heavy atom. The third kappa shape index (κ3) is 1.74. The van der Waals surface area contributed by atoms with Gasteiger partial charge in [-0.3, -0.25) is 9.59 Å². The maximum Gasteiger partial charge on any atom is 0.238 e. The summed E-state index contributed by atoms with van der Waals surface area (Å²) in [6.45, 7) is 0. The number of carbonyl (C=O) groups excluding carboxylic acids is 2. The van der Waals surface area contributed by atoms with Gasteiger partial charge in [-0.2, -0.15) is 0 Å². The van der Waals surface area contributed by atoms with Crippen molar-refractivity contribution in [1.82, 2.24) is 0 Å². The Morgan fingerprint density at radius 3 is 2.46 bits per heavy atom. The molecule has 2 heterocycles. The van der Waals surface area contributed by atoms with Crippen molar-refractivity contribution in [3.8, 4) is 0 Å². The Labute approximate surface area is 151 Å². The monoisotopic (exact) mass is 343 g/mol. The number of nitrogens with zero attached hydrogens (tertiary/aromatic N) is 1. The molecule has 3 aromatic rings. The van der Waals surface area contributed by atoms with Crippen LogP contribution in [0.2, 0.25) is 0 Å². The second-order valence-electron chi connectivity index (χ2n) is 6.96. The van der Waals surface area contributed by atoms with Gasteiger partial charge >= 0.3 is 0 Å². The van der Waals surface area contributed by atoms with Crippen LogP contribution in [0, 0.1) is 5.92 Å². The fourth-order valence-corrected chi connectivity index (χ4v) is 4.65. The predicted octanol–water partition coefficient (Wildman–Crippen LogP) is 3.79. The number of hydrogen-bond donors (Lipinski definition) is 0. The SMILES string of the molecule is CN1C(=O)[C@@]2(c3ccccc31)[C@H](C(=O)c1ccco1)[C@H]2c1ccccc1. The molecule has 128 valence electrons. The fourth-order valence-electron chi connectivity index (χ4n) is 4.65. The van der Waals surface area contributed by atoms with E-state index in [0.717, 1.165) is 16.8 Å². The highest BCUT2D eigenvalue weighted by Gasteiger charge is 2.77. The van der Waals surface area contributed by atoms with Crippen LogP contribution in [-0.2, 0) is 10.2 Å². The number of carbonyl (C=O) groups is 2. The number of rotatable bonds is 3. The minimum Gasteiger partial charge on any atom is -0.461 e. The lowest BCUT2D eigenvalue weighted by Crippen LogP contribution is -2.31. The molecule has 26 heavy (non-hydrogen) atoms. The van der Waals surface area contributed by atoms with E-state index in [4.69, 9.17) is 4.42 Å². The van der Waals surface area contributed by atoms with Crippen LogP contribution in [0.1, 0.15) is 27.6 Å². The third-order valence-corrected chi connectivity index (χ3v) is 5.78. The average molecular weight is 343 g/mol. The van der Waals surface area contributed by atoms with Crippen molar-refractivity contribution in [1.29, 1.82) is 0 Å². The Hall–Kier alpha value is -3.14. The molecule has 0 bridgehead atoms. The molecule has 1 aromatic heterocycles. The number of Topliss-reactive ketones (excluding diaryl/α,β-unsaturated/α-hetero) is 1. The van der Waals surface area contributed by atoms with Crippen molar-refractivity contribution < 1.29 is 14.0 Å². The highest BCUT2D eigenvalue weighted by atomic mass is 16.3. The molecule has 1 aliphatic heterocycles. The van der Waals surface area contributed by atoms with Crippen molar-refractivity contribution in [2.24, 2.45) is 5.92 Å². The maximum absolute atomic E-state index is 13.4. The molecular formula is C22H17NO3. The van der Waals surface area contributed by atoms with Gasteiger partial charge in [0.1, 0.15) is 0 Å². The molecular weight excluding hydrogens is 326 g/mol. The molecule has 1 saturated carbocycles. The van der Waals surface area contributed by atoms with E-state index in [1.807, 2.05) is 54.6 Å². The predicted molar refractivity (Wildman–Crippen MR) is 97.2 cm³/mol. The van der Waals surface area contributed by atoms with Gasteiger partial charge in [-0.1, -0.05) is 48.5 Å². The first-order valence-electron chi connectivity index (χ1n) is 8.67. The van der Waals surface area contributed by atoms with Gasteiger partial charge in [-0.25, -0.2) is 0 Å². The average Bonchev–Trinajstić information content (AvgIpc) is 2.96. The summed E-state index contributed by atoms with van der Waals surface area (Å²) in [5.41, 5.74) is 1.99. The Morgan fingerprint density at radius 2 is 1.73 bits per heavy atom. The summed E-state index contributed by atoms with van der Waals surface area (Å²) >= 11 is 0. The summed E-state index contributed by atoms with van der Waals surface area (Å²) in [5, 5.41) is 0. The van der Waals surface area contributed by atoms with Gasteiger partial charge in [-0.05, 0) is 29.3 Å². The molecule has 0 radical (unpaired) electrons. The first kappa shape index (κ1) is 15.1. The zero-order chi connectivity index (χ0) is 17.9. The number of ketones is 1. The number of para-hydroxylation sites is 1. The van der Waals surface area contributed by atoms with Crippen molar-refractivity contribution >= 4 is 17.4 Å². The molecule has 0 saturated heterocycles. The van der Waals surface area contributed by atoms with Gasteiger partial charge in [0.15, 0.2) is 5.76 Å². The smallest absolute Gasteiger partial charge is 0.238 e. The standard InChI is InChI=1S/C22H17NO3/c1-23-16-11-6-5-10-15(16)22(21(23)25)18(14-8-3-2-4-9-14)19(22)20(24)17-12-7-13-26-17/h2-13,18-19H,1H3/t18-,19+,22-/m1/s1. The van der Waals surface area contributed by atoms with Crippen molar-refractivity contribution in [2.45, 2.75) is 11.3 Å². The molecule has 0 unspecified atom stereocenters. The summed E-state index contributed by atoms with van der Waals surface area (Å²) < 4.78 is 5.36. The van der Waals surface area contributed by atoms with Gasteiger partial charge in [0.25, 0.3) is 0 Å². The molecule has 1 amide bonds. The lowest BCUT2D eigenvalue weighted by molar-refractivity contribution is -0.120. The molecule has 2 aromatic carbocycles. The molecule has 1 fully saturated rings. The Kier molecular flexibility index (Phi) is 3.02. The van der Waals surface area contributed by atoms with E-state index in [2.05, 4.69) is 0 Å². The molecule has 5 rings (SSSR count). The van der Waals surface area contributed by atoms with Crippen LogP contribution >= 0.6 is 0 Å². The first-order valence-corrected chi connectivity index (χ1v) is 8.67. The number of amides is 1. The van der Waals surface area contributed by atoms with Crippen molar-refractivity contribution in [2.75, 3.05) is 11.9 Å². The molecule has 4 heteroatoms. The van der Waals surface area contributed by atoms with Crippen molar-refractivity contribution in [3.63, 3.8) is 0 Å². The highest BCUT2D eigenvalue weighted by Crippen LogP contribution is 2.71. The van der Waals surface area contributed by atoms with Gasteiger partial charge in [0.05, 0.1) is 17.6 Å². The van der Waals surface area contributed by atoms with Crippen LogP contribution in [0.15, 0.2) is 77.4 Å². The normalized spacial score (nSPS) is 26.2. The first-order chi connectivity index (χ1) is 12.7. The van der Waals surface area contributed by atoms with Crippen molar-refractivity contribution in [3.05, 3.63) is 89.9 Å². The van der Waals surface area contributed by atoms with Crippen LogP contribution < -0.4 is 4.90 Å². The molecule has 1 spiro atoms. The molecule has 3 atom stereocenters. The summed E-state index contributed by atoms with van der Waals surface area (Å²) in [6, 6.07) is 21.0. The quantitative estimate of drug-likeness (QED) is 0.680. The van der Waals surface area contributed by atoms with E-state index in [1.165, 1.54) is 6.26 Å². The Bertz CT molecular complexity index is 1010. The largest absolute Gasteiger partial charge is 0.461 e. The lowest BCUT2D eigenvalue weighted by Gasteiger charge is -2.11. The molecule has 1 aliphatic carbocycles. The van der Waals surface area contributed by atoms with Crippen LogP contribution in [-0.4, -0.2) is 18.7 Å². The topological polar surface area (TPSA) is 50.5 Å². The van der Waals surface area contributed by atoms with E-state index in [1.54, 1.807) is 24.1 Å². The summed E-state index contributed by atoms with van der Waals surface area (Å²) in [7, 11) is 1.78. The number of anilines is 1. The number of fused-ring (bicyclic) bond motifs is 2. The number of likely N-dealkylation sites (N-methyl/N-ethyl adjacent to an activating group) is 1. The van der Waals surface area contributed by atoms with Crippen LogP contribution in [0.5, 0.6) is 0 Å². The molecule has 2 aliphatic rings. The molecule has 4 nitrogen and oxygen atoms in total. The zero-order valence-electron chi connectivity index (χ0n) is 14.3. The van der Waals surface area contributed by atoms with E-state index < -0.39 is 11.3 Å². The van der Waals surface area contributed by atoms with Crippen LogP contribution in [0.3, 0.4) is 0 Å². The fraction of sp³-hybridized carbons (Fsp3) is 0.182. The minimum absolute atomic E-state index is 0.0162. The maximum atomic E-state index is 13.4. The summed E-state index contributed by atoms with van der Waals surface area (Å²) in [5.74, 6) is -0.443. The zero-order valence-corrected chi connectivity index (χ0v) is 14.3. The number of hydrogen-bond acceptors (Lipinski definition) is 3. The lowest BCUT2D eigenvalue weighted by atomic mass is 9.90. The summed E-state index contributed by atoms with van der Waals surface area (Å²) in [4.78, 5) is 28.2.